The largest absolute Gasteiger partial charge is 0.328 e. The first-order chi connectivity index (χ1) is 5.93. The highest BCUT2D eigenvalue weighted by Gasteiger charge is 2.24. The van der Waals surface area contributed by atoms with Crippen LogP contribution in [-0.2, 0) is 5.41 Å². The van der Waals surface area contributed by atoms with Crippen molar-refractivity contribution in [1.82, 2.24) is 0 Å². The van der Waals surface area contributed by atoms with Crippen molar-refractivity contribution in [3.05, 3.63) is 21.9 Å². The summed E-state index contributed by atoms with van der Waals surface area (Å²) in [6.07, 6.45) is 1.05. The van der Waals surface area contributed by atoms with E-state index in [1.165, 1.54) is 10.4 Å². The quantitative estimate of drug-likeness (QED) is 0.792. The molecule has 0 bridgehead atoms. The van der Waals surface area contributed by atoms with E-state index in [9.17, 15) is 0 Å². The Hall–Kier alpha value is -0.340. The Morgan fingerprint density at radius 2 is 2.15 bits per heavy atom. The third-order valence-corrected chi connectivity index (χ3v) is 3.27. The van der Waals surface area contributed by atoms with Crippen LogP contribution in [0.2, 0.25) is 0 Å². The van der Waals surface area contributed by atoms with E-state index >= 15 is 0 Å². The summed E-state index contributed by atoms with van der Waals surface area (Å²) in [4.78, 5) is 1.42. The zero-order valence-corrected chi connectivity index (χ0v) is 9.74. The minimum atomic E-state index is 0.220. The van der Waals surface area contributed by atoms with Gasteiger partial charge in [0.15, 0.2) is 0 Å². The van der Waals surface area contributed by atoms with Gasteiger partial charge in [0.1, 0.15) is 0 Å². The average Bonchev–Trinajstić information content (AvgIpc) is 2.32. The first-order valence-corrected chi connectivity index (χ1v) is 5.61. The van der Waals surface area contributed by atoms with E-state index in [1.807, 2.05) is 11.3 Å². The van der Waals surface area contributed by atoms with Crippen LogP contribution in [0.15, 0.2) is 11.4 Å². The second-order valence-corrected chi connectivity index (χ2v) is 5.58. The van der Waals surface area contributed by atoms with Crippen LogP contribution in [0.3, 0.4) is 0 Å². The minimum absolute atomic E-state index is 0.220. The molecule has 0 fully saturated rings. The molecule has 13 heavy (non-hydrogen) atoms. The fourth-order valence-electron chi connectivity index (χ4n) is 2.00. The maximum Gasteiger partial charge on any atom is 0.00516 e. The molecule has 0 aliphatic heterocycles. The summed E-state index contributed by atoms with van der Waals surface area (Å²) < 4.78 is 0. The topological polar surface area (TPSA) is 26.0 Å². The molecule has 0 radical (unpaired) electrons. The summed E-state index contributed by atoms with van der Waals surface area (Å²) in [6, 6.07) is 2.50. The SMILES string of the molecule is Cc1sccc1C(C)(C)CC(C)N. The predicted molar refractivity (Wildman–Crippen MR) is 60.3 cm³/mol. The molecule has 0 saturated carbocycles. The summed E-state index contributed by atoms with van der Waals surface area (Å²) in [5.41, 5.74) is 7.51. The molecule has 1 aromatic heterocycles. The highest BCUT2D eigenvalue weighted by molar-refractivity contribution is 7.10. The van der Waals surface area contributed by atoms with E-state index in [4.69, 9.17) is 5.73 Å². The molecule has 0 aliphatic rings. The molecule has 0 saturated heterocycles. The van der Waals surface area contributed by atoms with Gasteiger partial charge in [-0.2, -0.15) is 0 Å². The monoisotopic (exact) mass is 197 g/mol. The molecule has 0 amide bonds. The number of thiophene rings is 1. The molecule has 1 aromatic rings. The number of nitrogens with two attached hydrogens (primary N) is 1. The van der Waals surface area contributed by atoms with Crippen molar-refractivity contribution in [1.29, 1.82) is 0 Å². The van der Waals surface area contributed by atoms with Gasteiger partial charge >= 0.3 is 0 Å². The van der Waals surface area contributed by atoms with Crippen molar-refractivity contribution in [2.24, 2.45) is 5.73 Å². The number of aryl methyl sites for hydroxylation is 1. The molecule has 1 atom stereocenters. The summed E-state index contributed by atoms with van der Waals surface area (Å²) >= 11 is 1.82. The zero-order valence-electron chi connectivity index (χ0n) is 8.92. The van der Waals surface area contributed by atoms with Gasteiger partial charge in [-0.1, -0.05) is 13.8 Å². The van der Waals surface area contributed by atoms with Crippen LogP contribution < -0.4 is 5.73 Å². The third-order valence-electron chi connectivity index (χ3n) is 2.42. The first-order valence-electron chi connectivity index (χ1n) is 4.73. The lowest BCUT2D eigenvalue weighted by atomic mass is 9.80. The van der Waals surface area contributed by atoms with E-state index in [0.29, 0.717) is 0 Å². The Morgan fingerprint density at radius 1 is 1.54 bits per heavy atom. The molecule has 0 aromatic carbocycles. The number of rotatable bonds is 3. The second kappa shape index (κ2) is 3.81. The molecule has 74 valence electrons. The molecule has 1 heterocycles. The molecule has 1 rings (SSSR count). The van der Waals surface area contributed by atoms with Gasteiger partial charge in [0.25, 0.3) is 0 Å². The maximum absolute atomic E-state index is 5.84. The van der Waals surface area contributed by atoms with E-state index in [0.717, 1.165) is 6.42 Å². The number of hydrogen-bond donors (Lipinski definition) is 1. The van der Waals surface area contributed by atoms with E-state index in [-0.39, 0.29) is 11.5 Å². The van der Waals surface area contributed by atoms with Crippen LogP contribution in [0.1, 0.15) is 37.6 Å². The Balaban J connectivity index is 2.87. The lowest BCUT2D eigenvalue weighted by Gasteiger charge is -2.26. The summed E-state index contributed by atoms with van der Waals surface area (Å²) in [5.74, 6) is 0. The second-order valence-electron chi connectivity index (χ2n) is 4.46. The van der Waals surface area contributed by atoms with Gasteiger partial charge in [0.05, 0.1) is 0 Å². The fraction of sp³-hybridized carbons (Fsp3) is 0.636. The normalized spacial score (nSPS) is 14.5. The number of hydrogen-bond acceptors (Lipinski definition) is 2. The van der Waals surface area contributed by atoms with Crippen LogP contribution in [0.25, 0.3) is 0 Å². The highest BCUT2D eigenvalue weighted by Crippen LogP contribution is 2.32. The lowest BCUT2D eigenvalue weighted by molar-refractivity contribution is 0.437. The maximum atomic E-state index is 5.84. The lowest BCUT2D eigenvalue weighted by Crippen LogP contribution is -2.28. The third kappa shape index (κ3) is 2.55. The van der Waals surface area contributed by atoms with E-state index in [1.54, 1.807) is 0 Å². The van der Waals surface area contributed by atoms with Crippen LogP contribution in [-0.4, -0.2) is 6.04 Å². The van der Waals surface area contributed by atoms with Crippen molar-refractivity contribution in [2.75, 3.05) is 0 Å². The van der Waals surface area contributed by atoms with Gasteiger partial charge in [-0.15, -0.1) is 11.3 Å². The molecular formula is C11H19NS. The first kappa shape index (κ1) is 10.7. The Bertz CT molecular complexity index is 273. The van der Waals surface area contributed by atoms with Crippen molar-refractivity contribution in [2.45, 2.75) is 45.6 Å². The summed E-state index contributed by atoms with van der Waals surface area (Å²) in [7, 11) is 0. The zero-order chi connectivity index (χ0) is 10.1. The molecule has 0 aliphatic carbocycles. The van der Waals surface area contributed by atoms with Crippen molar-refractivity contribution in [3.8, 4) is 0 Å². The van der Waals surface area contributed by atoms with E-state index in [2.05, 4.69) is 39.1 Å². The van der Waals surface area contributed by atoms with Crippen molar-refractivity contribution >= 4 is 11.3 Å². The van der Waals surface area contributed by atoms with Gasteiger partial charge in [0.2, 0.25) is 0 Å². The summed E-state index contributed by atoms with van der Waals surface area (Å²) in [6.45, 7) is 8.79. The Labute approximate surface area is 85.0 Å². The van der Waals surface area contributed by atoms with Gasteiger partial charge < -0.3 is 5.73 Å². The molecule has 2 N–H and O–H groups in total. The Kier molecular flexibility index (Phi) is 3.14. The van der Waals surface area contributed by atoms with Crippen LogP contribution in [0, 0.1) is 6.92 Å². The molecular weight excluding hydrogens is 178 g/mol. The van der Waals surface area contributed by atoms with Gasteiger partial charge in [0, 0.05) is 10.9 Å². The minimum Gasteiger partial charge on any atom is -0.328 e. The molecule has 1 nitrogen and oxygen atoms in total. The molecule has 1 unspecified atom stereocenters. The molecule has 0 spiro atoms. The Morgan fingerprint density at radius 3 is 2.54 bits per heavy atom. The molecule has 2 heteroatoms. The van der Waals surface area contributed by atoms with Crippen molar-refractivity contribution in [3.63, 3.8) is 0 Å². The highest BCUT2D eigenvalue weighted by atomic mass is 32.1. The van der Waals surface area contributed by atoms with Gasteiger partial charge in [-0.25, -0.2) is 0 Å². The van der Waals surface area contributed by atoms with Crippen LogP contribution in [0.5, 0.6) is 0 Å². The predicted octanol–water partition coefficient (Wildman–Crippen LogP) is 3.07. The van der Waals surface area contributed by atoms with E-state index < -0.39 is 0 Å². The fourth-order valence-corrected chi connectivity index (χ4v) is 2.88. The van der Waals surface area contributed by atoms with Crippen LogP contribution in [0.4, 0.5) is 0 Å². The van der Waals surface area contributed by atoms with Crippen LogP contribution >= 0.6 is 11.3 Å². The smallest absolute Gasteiger partial charge is 0.00516 e. The van der Waals surface area contributed by atoms with Crippen molar-refractivity contribution < 1.29 is 0 Å². The summed E-state index contributed by atoms with van der Waals surface area (Å²) in [5, 5.41) is 2.16. The van der Waals surface area contributed by atoms with Gasteiger partial charge in [-0.05, 0) is 42.7 Å². The van der Waals surface area contributed by atoms with Gasteiger partial charge in [-0.3, -0.25) is 0 Å². The average molecular weight is 197 g/mol. The standard InChI is InChI=1S/C11H19NS/c1-8(12)7-11(3,4)10-5-6-13-9(10)2/h5-6,8H,7,12H2,1-4H3.